The van der Waals surface area contributed by atoms with Crippen LogP contribution in [0.25, 0.3) is 0 Å². The Morgan fingerprint density at radius 3 is 2.64 bits per heavy atom. The summed E-state index contributed by atoms with van der Waals surface area (Å²) in [6, 6.07) is 0. The first-order valence-electron chi connectivity index (χ1n) is 3.34. The van der Waals surface area contributed by atoms with Crippen molar-refractivity contribution in [3.05, 3.63) is 0 Å². The van der Waals surface area contributed by atoms with Crippen molar-refractivity contribution < 1.29 is 13.9 Å². The normalized spacial score (nSPS) is 28.9. The third kappa shape index (κ3) is 2.56. The average Bonchev–Trinajstić information content (AvgIpc) is 2.34. The van der Waals surface area contributed by atoms with Crippen molar-refractivity contribution in [2.24, 2.45) is 5.92 Å². The molecule has 1 rings (SSSR count). The van der Waals surface area contributed by atoms with E-state index in [1.54, 1.807) is 11.8 Å². The highest BCUT2D eigenvalue weighted by Crippen LogP contribution is 2.36. The first kappa shape index (κ1) is 9.74. The molecule has 0 saturated carbocycles. The zero-order valence-electron chi connectivity index (χ0n) is 5.77. The zero-order chi connectivity index (χ0) is 8.48. The van der Waals surface area contributed by atoms with Crippen LogP contribution in [0.1, 0.15) is 6.42 Å². The fourth-order valence-corrected chi connectivity index (χ4v) is 2.73. The summed E-state index contributed by atoms with van der Waals surface area (Å²) in [5.41, 5.74) is 0. The van der Waals surface area contributed by atoms with Crippen molar-refractivity contribution in [2.75, 3.05) is 11.5 Å². The topological polar surface area (TPSA) is 20.2 Å². The van der Waals surface area contributed by atoms with Crippen LogP contribution in [0.2, 0.25) is 0 Å². The predicted octanol–water partition coefficient (Wildman–Crippen LogP) is 2.09. The van der Waals surface area contributed by atoms with Gasteiger partial charge in [-0.25, -0.2) is 0 Å². The Morgan fingerprint density at radius 2 is 2.27 bits per heavy atom. The van der Waals surface area contributed by atoms with Gasteiger partial charge in [-0.15, -0.1) is 0 Å². The first-order chi connectivity index (χ1) is 5.02. The fourth-order valence-electron chi connectivity index (χ4n) is 1.07. The molecule has 0 aromatic carbocycles. The molecule has 1 N–H and O–H groups in total. The molecule has 0 bridgehead atoms. The van der Waals surface area contributed by atoms with Gasteiger partial charge >= 0.3 is 4.83 Å². The van der Waals surface area contributed by atoms with Gasteiger partial charge in [0.1, 0.15) is 6.10 Å². The third-order valence-corrected chi connectivity index (χ3v) is 3.40. The Labute approximate surface area is 76.7 Å². The molecule has 1 aliphatic rings. The zero-order valence-corrected chi connectivity index (χ0v) is 8.17. The Morgan fingerprint density at radius 1 is 1.64 bits per heavy atom. The Kier molecular flexibility index (Phi) is 3.17. The monoisotopic (exact) mass is 246 g/mol. The second-order valence-electron chi connectivity index (χ2n) is 2.61. The van der Waals surface area contributed by atoms with Crippen molar-refractivity contribution in [1.82, 2.24) is 0 Å². The average molecular weight is 247 g/mol. The van der Waals surface area contributed by atoms with Gasteiger partial charge in [0.25, 0.3) is 0 Å². The maximum absolute atomic E-state index is 12.4. The number of thioether (sulfide) groups is 1. The molecule has 0 aromatic heterocycles. The van der Waals surface area contributed by atoms with Gasteiger partial charge in [-0.3, -0.25) is 0 Å². The number of alkyl halides is 3. The molecule has 66 valence electrons. The van der Waals surface area contributed by atoms with Crippen LogP contribution in [-0.2, 0) is 0 Å². The van der Waals surface area contributed by atoms with Crippen LogP contribution < -0.4 is 0 Å². The Hall–Kier alpha value is 0.650. The van der Waals surface area contributed by atoms with Gasteiger partial charge in [0.05, 0.1) is 0 Å². The van der Waals surface area contributed by atoms with Crippen LogP contribution in [0.4, 0.5) is 8.78 Å². The molecule has 0 aliphatic carbocycles. The summed E-state index contributed by atoms with van der Waals surface area (Å²) in [5, 5.41) is 9.08. The molecule has 11 heavy (non-hydrogen) atoms. The highest BCUT2D eigenvalue weighted by Gasteiger charge is 2.41. The third-order valence-electron chi connectivity index (χ3n) is 1.75. The second kappa shape index (κ2) is 3.58. The van der Waals surface area contributed by atoms with Crippen LogP contribution in [0.15, 0.2) is 0 Å². The highest BCUT2D eigenvalue weighted by molar-refractivity contribution is 9.10. The van der Waals surface area contributed by atoms with E-state index in [4.69, 9.17) is 5.11 Å². The van der Waals surface area contributed by atoms with Gasteiger partial charge < -0.3 is 5.11 Å². The summed E-state index contributed by atoms with van der Waals surface area (Å²) < 4.78 is 24.9. The van der Waals surface area contributed by atoms with E-state index in [1.807, 2.05) is 0 Å². The first-order valence-corrected chi connectivity index (χ1v) is 5.29. The molecule has 1 aliphatic heterocycles. The van der Waals surface area contributed by atoms with Gasteiger partial charge in [-0.05, 0) is 33.9 Å². The Balaban J connectivity index is 2.46. The molecule has 5 heteroatoms. The van der Waals surface area contributed by atoms with E-state index in [-0.39, 0.29) is 5.92 Å². The largest absolute Gasteiger partial charge is 0.386 e. The molecule has 0 aromatic rings. The predicted molar refractivity (Wildman–Crippen MR) is 45.3 cm³/mol. The molecule has 1 saturated heterocycles. The number of hydrogen-bond donors (Lipinski definition) is 1. The number of aliphatic hydroxyl groups is 1. The van der Waals surface area contributed by atoms with Crippen LogP contribution in [0, 0.1) is 5.92 Å². The summed E-state index contributed by atoms with van der Waals surface area (Å²) in [6.45, 7) is 0. The van der Waals surface area contributed by atoms with Crippen molar-refractivity contribution in [3.8, 4) is 0 Å². The van der Waals surface area contributed by atoms with E-state index >= 15 is 0 Å². The Bertz CT molecular complexity index is 133. The van der Waals surface area contributed by atoms with Gasteiger partial charge in [-0.2, -0.15) is 20.5 Å². The van der Waals surface area contributed by atoms with Crippen molar-refractivity contribution in [2.45, 2.75) is 17.4 Å². The van der Waals surface area contributed by atoms with Crippen molar-refractivity contribution in [1.29, 1.82) is 0 Å². The summed E-state index contributed by atoms with van der Waals surface area (Å²) in [7, 11) is 0. The summed E-state index contributed by atoms with van der Waals surface area (Å²) >= 11 is 3.77. The maximum Gasteiger partial charge on any atom is 0.326 e. The van der Waals surface area contributed by atoms with Gasteiger partial charge in [-0.1, -0.05) is 0 Å². The van der Waals surface area contributed by atoms with Crippen LogP contribution >= 0.6 is 27.7 Å². The maximum atomic E-state index is 12.4. The molecule has 0 spiro atoms. The minimum Gasteiger partial charge on any atom is -0.386 e. The SMILES string of the molecule is OC(C1CCSC1)C(F)(F)Br. The number of hydrogen-bond acceptors (Lipinski definition) is 2. The molecule has 2 atom stereocenters. The lowest BCUT2D eigenvalue weighted by molar-refractivity contribution is -0.0536. The van der Waals surface area contributed by atoms with E-state index in [0.29, 0.717) is 12.2 Å². The lowest BCUT2D eigenvalue weighted by Crippen LogP contribution is -2.34. The number of aliphatic hydroxyl groups excluding tert-OH is 1. The van der Waals surface area contributed by atoms with Crippen LogP contribution in [-0.4, -0.2) is 27.5 Å². The number of halogens is 3. The van der Waals surface area contributed by atoms with Gasteiger partial charge in [0.2, 0.25) is 0 Å². The van der Waals surface area contributed by atoms with E-state index < -0.39 is 10.9 Å². The summed E-state index contributed by atoms with van der Waals surface area (Å²) in [5.74, 6) is 1.27. The lowest BCUT2D eigenvalue weighted by Gasteiger charge is -2.21. The molecule has 1 fully saturated rings. The smallest absolute Gasteiger partial charge is 0.326 e. The molecule has 0 amide bonds. The van der Waals surface area contributed by atoms with Gasteiger partial charge in [0.15, 0.2) is 0 Å². The molecule has 1 heterocycles. The molecular formula is C6H9BrF2OS. The van der Waals surface area contributed by atoms with E-state index in [2.05, 4.69) is 15.9 Å². The van der Waals surface area contributed by atoms with Crippen molar-refractivity contribution >= 4 is 27.7 Å². The van der Waals surface area contributed by atoms with Crippen molar-refractivity contribution in [3.63, 3.8) is 0 Å². The van der Waals surface area contributed by atoms with Crippen LogP contribution in [0.3, 0.4) is 0 Å². The van der Waals surface area contributed by atoms with E-state index in [1.165, 1.54) is 0 Å². The summed E-state index contributed by atoms with van der Waals surface area (Å²) in [6.07, 6.45) is -0.843. The minimum absolute atomic E-state index is 0.255. The molecular weight excluding hydrogens is 238 g/mol. The minimum atomic E-state index is -3.12. The van der Waals surface area contributed by atoms with E-state index in [0.717, 1.165) is 5.75 Å². The molecule has 1 nitrogen and oxygen atoms in total. The molecule has 2 unspecified atom stereocenters. The highest BCUT2D eigenvalue weighted by atomic mass is 79.9. The standard InChI is InChI=1S/C6H9BrF2OS/c7-6(8,9)5(10)4-1-2-11-3-4/h4-5,10H,1-3H2. The van der Waals surface area contributed by atoms with E-state index in [9.17, 15) is 8.78 Å². The lowest BCUT2D eigenvalue weighted by atomic mass is 10.0. The molecule has 0 radical (unpaired) electrons. The number of rotatable bonds is 2. The quantitative estimate of drug-likeness (QED) is 0.754. The van der Waals surface area contributed by atoms with Crippen LogP contribution in [0.5, 0.6) is 0 Å². The van der Waals surface area contributed by atoms with Gasteiger partial charge in [0, 0.05) is 5.92 Å². The second-order valence-corrected chi connectivity index (χ2v) is 4.82. The summed E-state index contributed by atoms with van der Waals surface area (Å²) in [4.78, 5) is -3.12. The fraction of sp³-hybridized carbons (Fsp3) is 1.00.